The number of hydrogen-bond acceptors (Lipinski definition) is 4. The minimum atomic E-state index is 0.813. The van der Waals surface area contributed by atoms with Gasteiger partial charge in [0.1, 0.15) is 17.5 Å². The predicted octanol–water partition coefficient (Wildman–Crippen LogP) is 3.43. The molecule has 2 rings (SSSR count). The molecule has 5 heteroatoms. The maximum absolute atomic E-state index is 4.46. The summed E-state index contributed by atoms with van der Waals surface area (Å²) in [7, 11) is 1.86. The number of benzene rings is 1. The summed E-state index contributed by atoms with van der Waals surface area (Å²) in [4.78, 5) is 8.83. The molecule has 0 aliphatic heterocycles. The fourth-order valence-electron chi connectivity index (χ4n) is 1.56. The first-order valence-corrected chi connectivity index (χ1v) is 6.87. The van der Waals surface area contributed by atoms with Crippen molar-refractivity contribution in [3.63, 3.8) is 0 Å². The van der Waals surface area contributed by atoms with Crippen molar-refractivity contribution >= 4 is 39.9 Å². The van der Waals surface area contributed by atoms with E-state index < -0.39 is 0 Å². The molecule has 2 aromatic rings. The van der Waals surface area contributed by atoms with Gasteiger partial charge in [-0.1, -0.05) is 13.0 Å². The Labute approximate surface area is 120 Å². The number of aromatic nitrogens is 2. The van der Waals surface area contributed by atoms with Gasteiger partial charge in [0.05, 0.1) is 0 Å². The van der Waals surface area contributed by atoms with Gasteiger partial charge in [0.2, 0.25) is 0 Å². The first-order valence-electron chi connectivity index (χ1n) is 5.79. The molecule has 0 saturated carbocycles. The normalized spacial score (nSPS) is 10.2. The third-order valence-electron chi connectivity index (χ3n) is 2.44. The van der Waals surface area contributed by atoms with Gasteiger partial charge in [0.25, 0.3) is 0 Å². The summed E-state index contributed by atoms with van der Waals surface area (Å²) in [6.45, 7) is 2.05. The summed E-state index contributed by atoms with van der Waals surface area (Å²) < 4.78 is 1.19. The lowest BCUT2D eigenvalue weighted by Crippen LogP contribution is -2.03. The molecule has 0 unspecified atom stereocenters. The Hall–Kier alpha value is -1.37. The zero-order chi connectivity index (χ0) is 13.0. The number of nitrogens with zero attached hydrogens (tertiary/aromatic N) is 2. The van der Waals surface area contributed by atoms with Gasteiger partial charge >= 0.3 is 0 Å². The quantitative estimate of drug-likeness (QED) is 0.826. The van der Waals surface area contributed by atoms with Crippen molar-refractivity contribution < 1.29 is 0 Å². The van der Waals surface area contributed by atoms with E-state index in [0.29, 0.717) is 0 Å². The molecular formula is C13H15IN4. The largest absolute Gasteiger partial charge is 0.373 e. The summed E-state index contributed by atoms with van der Waals surface area (Å²) in [6, 6.07) is 10.1. The van der Waals surface area contributed by atoms with Crippen LogP contribution in [0, 0.1) is 3.57 Å². The van der Waals surface area contributed by atoms with Crippen LogP contribution in [0.4, 0.5) is 17.3 Å². The van der Waals surface area contributed by atoms with Crippen molar-refractivity contribution in [2.75, 3.05) is 17.7 Å². The van der Waals surface area contributed by atoms with E-state index in [1.807, 2.05) is 32.2 Å². The van der Waals surface area contributed by atoms with Gasteiger partial charge in [-0.2, -0.15) is 0 Å². The molecule has 1 aromatic heterocycles. The van der Waals surface area contributed by atoms with Crippen LogP contribution in [0.5, 0.6) is 0 Å². The van der Waals surface area contributed by atoms with E-state index in [4.69, 9.17) is 0 Å². The highest BCUT2D eigenvalue weighted by Gasteiger charge is 2.03. The molecule has 0 radical (unpaired) electrons. The number of hydrogen-bond donors (Lipinski definition) is 2. The Morgan fingerprint density at radius 3 is 2.61 bits per heavy atom. The van der Waals surface area contributed by atoms with E-state index in [-0.39, 0.29) is 0 Å². The summed E-state index contributed by atoms with van der Waals surface area (Å²) >= 11 is 2.29. The molecule has 0 aliphatic rings. The van der Waals surface area contributed by atoms with Crippen LogP contribution in [-0.4, -0.2) is 17.0 Å². The molecular weight excluding hydrogens is 339 g/mol. The highest BCUT2D eigenvalue weighted by molar-refractivity contribution is 14.1. The predicted molar refractivity (Wildman–Crippen MR) is 83.4 cm³/mol. The molecule has 1 heterocycles. The monoisotopic (exact) mass is 354 g/mol. The Morgan fingerprint density at radius 2 is 1.94 bits per heavy atom. The van der Waals surface area contributed by atoms with E-state index in [2.05, 4.69) is 55.3 Å². The van der Waals surface area contributed by atoms with Crippen LogP contribution in [-0.2, 0) is 6.42 Å². The Balaban J connectivity index is 2.28. The molecule has 18 heavy (non-hydrogen) atoms. The Kier molecular flexibility index (Phi) is 4.35. The second-order valence-corrected chi connectivity index (χ2v) is 5.04. The van der Waals surface area contributed by atoms with Crippen LogP contribution in [0.3, 0.4) is 0 Å². The van der Waals surface area contributed by atoms with Gasteiger partial charge in [0.15, 0.2) is 0 Å². The average Bonchev–Trinajstić information content (AvgIpc) is 2.38. The standard InChI is InChI=1S/C13H15IN4/c1-3-11-17-12(15-2)8-13(18-11)16-10-6-4-5-9(14)7-10/h4-8H,3H2,1-2H3,(H2,15,16,17,18). The maximum Gasteiger partial charge on any atom is 0.136 e. The van der Waals surface area contributed by atoms with Crippen molar-refractivity contribution in [3.05, 3.63) is 39.7 Å². The highest BCUT2D eigenvalue weighted by Crippen LogP contribution is 2.19. The third kappa shape index (κ3) is 3.32. The van der Waals surface area contributed by atoms with Gasteiger partial charge in [-0.3, -0.25) is 0 Å². The Morgan fingerprint density at radius 1 is 1.17 bits per heavy atom. The smallest absolute Gasteiger partial charge is 0.136 e. The second kappa shape index (κ2) is 5.99. The molecule has 0 fully saturated rings. The van der Waals surface area contributed by atoms with Crippen LogP contribution in [0.2, 0.25) is 0 Å². The summed E-state index contributed by atoms with van der Waals surface area (Å²) in [5.74, 6) is 2.47. The molecule has 0 amide bonds. The number of anilines is 3. The van der Waals surface area contributed by atoms with Crippen LogP contribution in [0.1, 0.15) is 12.7 Å². The number of rotatable bonds is 4. The molecule has 2 N–H and O–H groups in total. The zero-order valence-electron chi connectivity index (χ0n) is 10.4. The van der Waals surface area contributed by atoms with Crippen molar-refractivity contribution in [1.82, 2.24) is 9.97 Å². The van der Waals surface area contributed by atoms with E-state index in [1.54, 1.807) is 0 Å². The lowest BCUT2D eigenvalue weighted by Gasteiger charge is -2.09. The molecule has 94 valence electrons. The Bertz CT molecular complexity index is 520. The number of aryl methyl sites for hydroxylation is 1. The molecule has 4 nitrogen and oxygen atoms in total. The molecule has 0 bridgehead atoms. The fraction of sp³-hybridized carbons (Fsp3) is 0.231. The summed E-state index contributed by atoms with van der Waals surface area (Å²) in [5, 5.41) is 6.34. The van der Waals surface area contributed by atoms with E-state index in [1.165, 1.54) is 3.57 Å². The van der Waals surface area contributed by atoms with Gasteiger partial charge < -0.3 is 10.6 Å². The highest BCUT2D eigenvalue weighted by atomic mass is 127. The van der Waals surface area contributed by atoms with Crippen LogP contribution >= 0.6 is 22.6 Å². The number of nitrogens with one attached hydrogen (secondary N) is 2. The van der Waals surface area contributed by atoms with Crippen molar-refractivity contribution in [2.24, 2.45) is 0 Å². The maximum atomic E-state index is 4.46. The average molecular weight is 354 g/mol. The zero-order valence-corrected chi connectivity index (χ0v) is 12.5. The fourth-order valence-corrected chi connectivity index (χ4v) is 2.10. The minimum absolute atomic E-state index is 0.813. The summed E-state index contributed by atoms with van der Waals surface area (Å²) in [5.41, 5.74) is 1.03. The van der Waals surface area contributed by atoms with E-state index >= 15 is 0 Å². The van der Waals surface area contributed by atoms with Gasteiger partial charge in [0, 0.05) is 28.8 Å². The van der Waals surface area contributed by atoms with Crippen LogP contribution < -0.4 is 10.6 Å². The molecule has 0 spiro atoms. The van der Waals surface area contributed by atoms with Crippen molar-refractivity contribution in [2.45, 2.75) is 13.3 Å². The molecule has 0 saturated heterocycles. The van der Waals surface area contributed by atoms with Crippen molar-refractivity contribution in [3.8, 4) is 0 Å². The number of halogens is 1. The van der Waals surface area contributed by atoms with Gasteiger partial charge in [-0.15, -0.1) is 0 Å². The lowest BCUT2D eigenvalue weighted by molar-refractivity contribution is 0.945. The van der Waals surface area contributed by atoms with Crippen LogP contribution in [0.25, 0.3) is 0 Å². The molecule has 0 atom stereocenters. The van der Waals surface area contributed by atoms with Crippen LogP contribution in [0.15, 0.2) is 30.3 Å². The molecule has 0 aliphatic carbocycles. The van der Waals surface area contributed by atoms with Gasteiger partial charge in [-0.05, 0) is 40.8 Å². The first kappa shape index (κ1) is 13.1. The van der Waals surface area contributed by atoms with E-state index in [9.17, 15) is 0 Å². The third-order valence-corrected chi connectivity index (χ3v) is 3.11. The topological polar surface area (TPSA) is 49.8 Å². The lowest BCUT2D eigenvalue weighted by atomic mass is 10.3. The summed E-state index contributed by atoms with van der Waals surface area (Å²) in [6.07, 6.45) is 0.816. The van der Waals surface area contributed by atoms with E-state index in [0.717, 1.165) is 29.6 Å². The van der Waals surface area contributed by atoms with Gasteiger partial charge in [-0.25, -0.2) is 9.97 Å². The minimum Gasteiger partial charge on any atom is -0.373 e. The van der Waals surface area contributed by atoms with Crippen molar-refractivity contribution in [1.29, 1.82) is 0 Å². The molecule has 1 aromatic carbocycles. The second-order valence-electron chi connectivity index (χ2n) is 3.79. The first-order chi connectivity index (χ1) is 8.71. The SMILES string of the molecule is CCc1nc(NC)cc(Nc2cccc(I)c2)n1.